The number of nitrogens with two attached hydrogens (primary N) is 1. The van der Waals surface area contributed by atoms with Gasteiger partial charge in [0.15, 0.2) is 5.69 Å². The summed E-state index contributed by atoms with van der Waals surface area (Å²) >= 11 is 1.13. The smallest absolute Gasteiger partial charge is 0.325 e. The molecule has 0 aliphatic heterocycles. The maximum Gasteiger partial charge on any atom is 0.434 e. The molecule has 0 spiro atoms. The van der Waals surface area contributed by atoms with Crippen LogP contribution in [0.1, 0.15) is 11.4 Å². The van der Waals surface area contributed by atoms with Crippen LogP contribution >= 0.6 is 11.3 Å². The first kappa shape index (κ1) is 12.0. The number of hydrogen-bond donors (Lipinski definition) is 1. The molecule has 0 aliphatic carbocycles. The van der Waals surface area contributed by atoms with Gasteiger partial charge in [0.25, 0.3) is 0 Å². The highest BCUT2D eigenvalue weighted by molar-refractivity contribution is 7.13. The van der Waals surface area contributed by atoms with E-state index in [1.165, 1.54) is 12.1 Å². The molecule has 2 aromatic heterocycles. The Morgan fingerprint density at radius 2 is 2.12 bits per heavy atom. The zero-order valence-electron chi connectivity index (χ0n) is 8.53. The van der Waals surface area contributed by atoms with Crippen LogP contribution in [0.5, 0.6) is 0 Å². The number of rotatable bonds is 2. The number of pyridine rings is 1. The summed E-state index contributed by atoms with van der Waals surface area (Å²) in [5.41, 5.74) is 5.01. The molecule has 2 N–H and O–H groups in total. The van der Waals surface area contributed by atoms with Gasteiger partial charge in [-0.1, -0.05) is 0 Å². The van der Waals surface area contributed by atoms with Gasteiger partial charge in [-0.25, -0.2) is 4.98 Å². The van der Waals surface area contributed by atoms with E-state index < -0.39 is 11.9 Å². The van der Waals surface area contributed by atoms with Crippen molar-refractivity contribution >= 4 is 11.3 Å². The SMILES string of the molecule is NCc1csc(-c2cccnc2C(F)(F)F)n1. The summed E-state index contributed by atoms with van der Waals surface area (Å²) in [6, 6.07) is 2.81. The molecule has 3 nitrogen and oxygen atoms in total. The Hall–Kier alpha value is -1.47. The van der Waals surface area contributed by atoms with E-state index in [0.29, 0.717) is 5.69 Å². The Kier molecular flexibility index (Phi) is 3.12. The largest absolute Gasteiger partial charge is 0.434 e. The standard InChI is InChI=1S/C10H8F3N3S/c11-10(12,13)8-7(2-1-3-15-8)9-16-6(4-14)5-17-9/h1-3,5H,4,14H2. The van der Waals surface area contributed by atoms with Crippen LogP contribution in [0.4, 0.5) is 13.2 Å². The predicted octanol–water partition coefficient (Wildman–Crippen LogP) is 2.68. The van der Waals surface area contributed by atoms with Gasteiger partial charge < -0.3 is 5.73 Å². The van der Waals surface area contributed by atoms with Gasteiger partial charge in [0, 0.05) is 23.7 Å². The average molecular weight is 259 g/mol. The minimum Gasteiger partial charge on any atom is -0.325 e. The van der Waals surface area contributed by atoms with E-state index in [0.717, 1.165) is 17.5 Å². The quantitative estimate of drug-likeness (QED) is 0.902. The Morgan fingerprint density at radius 3 is 2.71 bits per heavy atom. The lowest BCUT2D eigenvalue weighted by atomic mass is 10.2. The lowest BCUT2D eigenvalue weighted by molar-refractivity contribution is -0.140. The van der Waals surface area contributed by atoms with E-state index in [2.05, 4.69) is 9.97 Å². The number of halogens is 3. The summed E-state index contributed by atoms with van der Waals surface area (Å²) in [6.07, 6.45) is -3.37. The van der Waals surface area contributed by atoms with Crippen molar-refractivity contribution in [2.75, 3.05) is 0 Å². The topological polar surface area (TPSA) is 51.8 Å². The minimum absolute atomic E-state index is 0.00954. The summed E-state index contributed by atoms with van der Waals surface area (Å²) < 4.78 is 38.1. The van der Waals surface area contributed by atoms with Crippen LogP contribution in [0, 0.1) is 0 Å². The normalized spacial score (nSPS) is 11.8. The number of thiazole rings is 1. The molecule has 17 heavy (non-hydrogen) atoms. The van der Waals surface area contributed by atoms with E-state index in [9.17, 15) is 13.2 Å². The van der Waals surface area contributed by atoms with Gasteiger partial charge in [0.05, 0.1) is 5.69 Å². The lowest BCUT2D eigenvalue weighted by Gasteiger charge is -2.08. The van der Waals surface area contributed by atoms with Crippen molar-refractivity contribution in [2.24, 2.45) is 5.73 Å². The van der Waals surface area contributed by atoms with Crippen LogP contribution < -0.4 is 5.73 Å². The third-order valence-electron chi connectivity index (χ3n) is 2.07. The highest BCUT2D eigenvalue weighted by Crippen LogP contribution is 2.36. The van der Waals surface area contributed by atoms with Crippen molar-refractivity contribution in [3.05, 3.63) is 35.1 Å². The van der Waals surface area contributed by atoms with Crippen LogP contribution in [0.2, 0.25) is 0 Å². The zero-order chi connectivity index (χ0) is 12.5. The molecule has 0 bridgehead atoms. The van der Waals surface area contributed by atoms with Gasteiger partial charge in [-0.2, -0.15) is 13.2 Å². The first-order valence-electron chi connectivity index (χ1n) is 4.69. The van der Waals surface area contributed by atoms with E-state index in [4.69, 9.17) is 5.73 Å². The van der Waals surface area contributed by atoms with E-state index in [1.807, 2.05) is 0 Å². The van der Waals surface area contributed by atoms with Crippen molar-refractivity contribution in [1.29, 1.82) is 0 Å². The maximum absolute atomic E-state index is 12.7. The van der Waals surface area contributed by atoms with Crippen molar-refractivity contribution < 1.29 is 13.2 Å². The van der Waals surface area contributed by atoms with E-state index in [1.54, 1.807) is 5.38 Å². The summed E-state index contributed by atoms with van der Waals surface area (Å²) in [7, 11) is 0. The van der Waals surface area contributed by atoms with Crippen LogP contribution in [0.25, 0.3) is 10.6 Å². The fourth-order valence-electron chi connectivity index (χ4n) is 1.33. The number of hydrogen-bond acceptors (Lipinski definition) is 4. The fourth-order valence-corrected chi connectivity index (χ4v) is 2.19. The second-order valence-electron chi connectivity index (χ2n) is 3.25. The Bertz CT molecular complexity index is 522. The molecule has 0 atom stereocenters. The number of nitrogens with zero attached hydrogens (tertiary/aromatic N) is 2. The number of alkyl halides is 3. The molecule has 0 amide bonds. The molecule has 0 fully saturated rings. The summed E-state index contributed by atoms with van der Waals surface area (Å²) in [5, 5.41) is 1.92. The molecule has 90 valence electrons. The molecule has 0 aromatic carbocycles. The van der Waals surface area contributed by atoms with Gasteiger partial charge >= 0.3 is 6.18 Å². The molecule has 2 rings (SSSR count). The minimum atomic E-state index is -4.48. The third-order valence-corrected chi connectivity index (χ3v) is 2.99. The first-order chi connectivity index (χ1) is 8.02. The molecule has 2 heterocycles. The molecule has 0 saturated heterocycles. The van der Waals surface area contributed by atoms with E-state index in [-0.39, 0.29) is 17.1 Å². The third kappa shape index (κ3) is 2.45. The van der Waals surface area contributed by atoms with Gasteiger partial charge in [0.2, 0.25) is 0 Å². The van der Waals surface area contributed by atoms with Crippen LogP contribution in [0.15, 0.2) is 23.7 Å². The average Bonchev–Trinajstić information content (AvgIpc) is 2.76. The molecule has 2 aromatic rings. The maximum atomic E-state index is 12.7. The van der Waals surface area contributed by atoms with Gasteiger partial charge in [-0.3, -0.25) is 4.98 Å². The molecule has 7 heteroatoms. The highest BCUT2D eigenvalue weighted by Gasteiger charge is 2.36. The molecular weight excluding hydrogens is 251 g/mol. The lowest BCUT2D eigenvalue weighted by Crippen LogP contribution is -2.09. The van der Waals surface area contributed by atoms with Crippen LogP contribution in [0.3, 0.4) is 0 Å². The molecular formula is C10H8F3N3S. The van der Waals surface area contributed by atoms with Crippen LogP contribution in [-0.2, 0) is 12.7 Å². The molecule has 0 aliphatic rings. The van der Waals surface area contributed by atoms with Gasteiger partial charge in [0.1, 0.15) is 5.01 Å². The van der Waals surface area contributed by atoms with Crippen molar-refractivity contribution in [2.45, 2.75) is 12.7 Å². The molecule has 0 radical (unpaired) electrons. The van der Waals surface area contributed by atoms with Gasteiger partial charge in [-0.15, -0.1) is 11.3 Å². The second kappa shape index (κ2) is 4.42. The Morgan fingerprint density at radius 1 is 1.35 bits per heavy atom. The molecule has 0 unspecified atom stereocenters. The monoisotopic (exact) mass is 259 g/mol. The summed E-state index contributed by atoms with van der Waals surface area (Å²) in [4.78, 5) is 7.40. The van der Waals surface area contributed by atoms with Crippen molar-refractivity contribution in [3.8, 4) is 10.6 Å². The Balaban J connectivity index is 2.52. The fraction of sp³-hybridized carbons (Fsp3) is 0.200. The zero-order valence-corrected chi connectivity index (χ0v) is 9.35. The van der Waals surface area contributed by atoms with Gasteiger partial charge in [-0.05, 0) is 12.1 Å². The summed E-state index contributed by atoms with van der Waals surface area (Å²) in [5.74, 6) is 0. The number of aromatic nitrogens is 2. The second-order valence-corrected chi connectivity index (χ2v) is 4.10. The van der Waals surface area contributed by atoms with Crippen molar-refractivity contribution in [1.82, 2.24) is 9.97 Å². The van der Waals surface area contributed by atoms with Crippen molar-refractivity contribution in [3.63, 3.8) is 0 Å². The Labute approximate surface area is 99.1 Å². The molecule has 0 saturated carbocycles. The predicted molar refractivity (Wildman–Crippen MR) is 58.2 cm³/mol. The van der Waals surface area contributed by atoms with E-state index >= 15 is 0 Å². The summed E-state index contributed by atoms with van der Waals surface area (Å²) in [6.45, 7) is 0.206. The van der Waals surface area contributed by atoms with Crippen LogP contribution in [-0.4, -0.2) is 9.97 Å². The highest BCUT2D eigenvalue weighted by atomic mass is 32.1. The first-order valence-corrected chi connectivity index (χ1v) is 5.57.